The van der Waals surface area contributed by atoms with Crippen molar-refractivity contribution in [2.75, 3.05) is 5.75 Å². The number of carbonyl (C=O) groups is 2. The van der Waals surface area contributed by atoms with Crippen molar-refractivity contribution in [1.82, 2.24) is 10.6 Å². The van der Waals surface area contributed by atoms with Crippen molar-refractivity contribution in [3.8, 4) is 0 Å². The fourth-order valence-electron chi connectivity index (χ4n) is 2.22. The lowest BCUT2D eigenvalue weighted by Crippen LogP contribution is -2.36. The van der Waals surface area contributed by atoms with Gasteiger partial charge < -0.3 is 15.4 Å². The highest BCUT2D eigenvalue weighted by Gasteiger charge is 2.42. The quantitative estimate of drug-likeness (QED) is 0.418. The van der Waals surface area contributed by atoms with Crippen molar-refractivity contribution in [3.05, 3.63) is 0 Å². The molecular formula is C10H16N2O2S. The molecule has 0 aromatic heterocycles. The van der Waals surface area contributed by atoms with Crippen LogP contribution >= 0.6 is 11.8 Å². The van der Waals surface area contributed by atoms with Crippen LogP contribution in [0.15, 0.2) is 0 Å². The summed E-state index contributed by atoms with van der Waals surface area (Å²) in [4.78, 5) is 21.3. The molecule has 2 saturated heterocycles. The van der Waals surface area contributed by atoms with Crippen molar-refractivity contribution < 1.29 is 9.59 Å². The standard InChI is InChI=1S/C10H16N2O2S/c13-5-3-1-2-4-8-9-7(6-15-8)11-10(14)12-9/h5,7-9H,1-4,6H2,(H2,11,12,14)/t7-,8+,9+/m1/s1. The van der Waals surface area contributed by atoms with Gasteiger partial charge in [0, 0.05) is 17.4 Å². The van der Waals surface area contributed by atoms with E-state index in [0.717, 1.165) is 31.3 Å². The molecule has 0 radical (unpaired) electrons. The molecule has 4 nitrogen and oxygen atoms in total. The monoisotopic (exact) mass is 228 g/mol. The Morgan fingerprint density at radius 1 is 1.40 bits per heavy atom. The van der Waals surface area contributed by atoms with Gasteiger partial charge in [-0.3, -0.25) is 0 Å². The van der Waals surface area contributed by atoms with E-state index in [4.69, 9.17) is 0 Å². The zero-order valence-corrected chi connectivity index (χ0v) is 9.39. The van der Waals surface area contributed by atoms with Crippen molar-refractivity contribution in [3.63, 3.8) is 0 Å². The van der Waals surface area contributed by atoms with Crippen LogP contribution in [-0.4, -0.2) is 35.4 Å². The highest BCUT2D eigenvalue weighted by atomic mass is 32.2. The molecule has 0 spiro atoms. The van der Waals surface area contributed by atoms with Gasteiger partial charge >= 0.3 is 6.03 Å². The van der Waals surface area contributed by atoms with E-state index >= 15 is 0 Å². The number of hydrogen-bond acceptors (Lipinski definition) is 3. The van der Waals surface area contributed by atoms with Crippen molar-refractivity contribution in [2.45, 2.75) is 43.0 Å². The molecule has 0 bridgehead atoms. The molecule has 0 saturated carbocycles. The summed E-state index contributed by atoms with van der Waals surface area (Å²) >= 11 is 1.93. The van der Waals surface area contributed by atoms with Gasteiger partial charge in [0.1, 0.15) is 6.29 Å². The van der Waals surface area contributed by atoms with Crippen LogP contribution in [0.3, 0.4) is 0 Å². The van der Waals surface area contributed by atoms with Gasteiger partial charge in [0.05, 0.1) is 12.1 Å². The SMILES string of the molecule is O=CCCCC[C@@H]1SC[C@H]2NC(=O)N[C@H]12. The summed E-state index contributed by atoms with van der Waals surface area (Å²) in [7, 11) is 0. The molecule has 0 aromatic carbocycles. The summed E-state index contributed by atoms with van der Waals surface area (Å²) < 4.78 is 0. The summed E-state index contributed by atoms with van der Waals surface area (Å²) in [6.45, 7) is 0. The number of nitrogens with one attached hydrogen (secondary N) is 2. The second-order valence-electron chi connectivity index (χ2n) is 4.07. The maximum Gasteiger partial charge on any atom is 0.315 e. The van der Waals surface area contributed by atoms with Crippen molar-refractivity contribution >= 4 is 24.1 Å². The molecule has 2 aliphatic rings. The molecule has 0 aromatic rings. The summed E-state index contributed by atoms with van der Waals surface area (Å²) in [5.74, 6) is 1.02. The van der Waals surface area contributed by atoms with Crippen LogP contribution in [0.1, 0.15) is 25.7 Å². The van der Waals surface area contributed by atoms with Gasteiger partial charge in [-0.2, -0.15) is 11.8 Å². The molecule has 84 valence electrons. The number of carbonyl (C=O) groups excluding carboxylic acids is 2. The molecule has 0 unspecified atom stereocenters. The Kier molecular flexibility index (Phi) is 3.51. The average Bonchev–Trinajstić information content (AvgIpc) is 2.73. The maximum atomic E-state index is 11.1. The number of rotatable bonds is 5. The molecule has 2 fully saturated rings. The Labute approximate surface area is 93.6 Å². The van der Waals surface area contributed by atoms with Gasteiger partial charge in [0.25, 0.3) is 0 Å². The van der Waals surface area contributed by atoms with Gasteiger partial charge in [0.2, 0.25) is 0 Å². The van der Waals surface area contributed by atoms with E-state index in [-0.39, 0.29) is 6.03 Å². The van der Waals surface area contributed by atoms with Gasteiger partial charge in [-0.25, -0.2) is 4.79 Å². The number of unbranched alkanes of at least 4 members (excludes halogenated alkanes) is 2. The zero-order chi connectivity index (χ0) is 10.7. The normalized spacial score (nSPS) is 33.3. The Morgan fingerprint density at radius 2 is 2.27 bits per heavy atom. The topological polar surface area (TPSA) is 58.2 Å². The first-order valence-corrected chi connectivity index (χ1v) is 6.48. The van der Waals surface area contributed by atoms with Crippen LogP contribution in [0.25, 0.3) is 0 Å². The van der Waals surface area contributed by atoms with Crippen LogP contribution in [-0.2, 0) is 4.79 Å². The first-order valence-electron chi connectivity index (χ1n) is 5.43. The lowest BCUT2D eigenvalue weighted by molar-refractivity contribution is -0.107. The van der Waals surface area contributed by atoms with Crippen LogP contribution in [0.2, 0.25) is 0 Å². The Bertz CT molecular complexity index is 260. The van der Waals surface area contributed by atoms with Crippen molar-refractivity contribution in [1.29, 1.82) is 0 Å². The van der Waals surface area contributed by atoms with E-state index in [2.05, 4.69) is 10.6 Å². The minimum Gasteiger partial charge on any atom is -0.332 e. The molecule has 2 rings (SSSR count). The van der Waals surface area contributed by atoms with Crippen LogP contribution < -0.4 is 10.6 Å². The number of hydrogen-bond donors (Lipinski definition) is 2. The first kappa shape index (κ1) is 10.8. The molecule has 2 amide bonds. The Balaban J connectivity index is 1.74. The van der Waals surface area contributed by atoms with Crippen molar-refractivity contribution in [2.24, 2.45) is 0 Å². The lowest BCUT2D eigenvalue weighted by atomic mass is 10.0. The first-order chi connectivity index (χ1) is 7.31. The van der Waals surface area contributed by atoms with E-state index in [0.29, 0.717) is 23.8 Å². The fourth-order valence-corrected chi connectivity index (χ4v) is 3.76. The van der Waals surface area contributed by atoms with Gasteiger partial charge in [-0.1, -0.05) is 6.42 Å². The lowest BCUT2D eigenvalue weighted by Gasteiger charge is -2.15. The highest BCUT2D eigenvalue weighted by molar-refractivity contribution is 8.00. The number of amides is 2. The number of fused-ring (bicyclic) bond motifs is 1. The second kappa shape index (κ2) is 4.88. The molecule has 5 heteroatoms. The number of urea groups is 1. The van der Waals surface area contributed by atoms with E-state index in [1.54, 1.807) is 0 Å². The minimum absolute atomic E-state index is 0.0248. The highest BCUT2D eigenvalue weighted by Crippen LogP contribution is 2.33. The largest absolute Gasteiger partial charge is 0.332 e. The summed E-state index contributed by atoms with van der Waals surface area (Å²) in [5.41, 5.74) is 0. The third-order valence-electron chi connectivity index (χ3n) is 3.00. The molecule has 0 aliphatic carbocycles. The zero-order valence-electron chi connectivity index (χ0n) is 8.57. The molecular weight excluding hydrogens is 212 g/mol. The Hall–Kier alpha value is -0.710. The molecule has 2 heterocycles. The summed E-state index contributed by atoms with van der Waals surface area (Å²) in [5, 5.41) is 6.42. The number of aldehydes is 1. The van der Waals surface area contributed by atoms with Gasteiger partial charge in [-0.05, 0) is 12.8 Å². The predicted molar refractivity (Wildman–Crippen MR) is 60.0 cm³/mol. The average molecular weight is 228 g/mol. The molecule has 2 aliphatic heterocycles. The number of thioether (sulfide) groups is 1. The van der Waals surface area contributed by atoms with E-state index < -0.39 is 0 Å². The van der Waals surface area contributed by atoms with Crippen LogP contribution in [0.4, 0.5) is 4.79 Å². The third kappa shape index (κ3) is 2.45. The fraction of sp³-hybridized carbons (Fsp3) is 0.800. The van der Waals surface area contributed by atoms with Gasteiger partial charge in [0.15, 0.2) is 0 Å². The minimum atomic E-state index is -0.0248. The molecule has 2 N–H and O–H groups in total. The molecule has 15 heavy (non-hydrogen) atoms. The summed E-state index contributed by atoms with van der Waals surface area (Å²) in [6.07, 6.45) is 4.79. The predicted octanol–water partition coefficient (Wildman–Crippen LogP) is 0.911. The Morgan fingerprint density at radius 3 is 3.07 bits per heavy atom. The van der Waals surface area contributed by atoms with E-state index in [9.17, 15) is 9.59 Å². The molecule has 3 atom stereocenters. The third-order valence-corrected chi connectivity index (χ3v) is 4.51. The van der Waals surface area contributed by atoms with E-state index in [1.807, 2.05) is 11.8 Å². The van der Waals surface area contributed by atoms with E-state index in [1.165, 1.54) is 0 Å². The van der Waals surface area contributed by atoms with Crippen LogP contribution in [0.5, 0.6) is 0 Å². The van der Waals surface area contributed by atoms with Crippen LogP contribution in [0, 0.1) is 0 Å². The smallest absolute Gasteiger partial charge is 0.315 e. The second-order valence-corrected chi connectivity index (χ2v) is 5.35. The summed E-state index contributed by atoms with van der Waals surface area (Å²) in [6, 6.07) is 0.598. The van der Waals surface area contributed by atoms with Gasteiger partial charge in [-0.15, -0.1) is 0 Å². The maximum absolute atomic E-state index is 11.1.